The first-order valence-electron chi connectivity index (χ1n) is 8.08. The van der Waals surface area contributed by atoms with Gasteiger partial charge in [0.2, 0.25) is 8.32 Å². The molecule has 1 heterocycles. The minimum Gasteiger partial charge on any atom is -0.496 e. The topological polar surface area (TPSA) is 58.9 Å². The smallest absolute Gasteiger partial charge is 0.496 e. The Labute approximate surface area is 130 Å². The van der Waals surface area contributed by atoms with E-state index in [1.165, 1.54) is 0 Å². The average molecular weight is 314 g/mol. The first-order valence-corrected chi connectivity index (χ1v) is 10.2. The molecule has 0 fully saturated rings. The second-order valence-corrected chi connectivity index (χ2v) is 12.4. The molecular formula is C15H31BO4Si. The molecule has 1 aliphatic heterocycles. The first-order chi connectivity index (χ1) is 9.71. The molecule has 0 amide bonds. The zero-order chi connectivity index (χ0) is 16.2. The molecule has 0 radical (unpaired) electrons. The summed E-state index contributed by atoms with van der Waals surface area (Å²) >= 11 is 0. The standard InChI is InChI=1S/C15H31BO4Si/c1-11(2)21(12(3)4,13(5)6)19-10-14-8-7-9-15(20-14)16(17)18/h9,11-14,17-18H,7-8,10H2,1-6H3. The van der Waals surface area contributed by atoms with Crippen molar-refractivity contribution in [3.05, 3.63) is 11.7 Å². The van der Waals surface area contributed by atoms with E-state index in [4.69, 9.17) is 9.16 Å². The number of rotatable bonds is 7. The summed E-state index contributed by atoms with van der Waals surface area (Å²) in [4.78, 5) is 0. The maximum absolute atomic E-state index is 9.22. The molecule has 0 aliphatic carbocycles. The lowest BCUT2D eigenvalue weighted by atomic mass is 9.85. The molecule has 1 aliphatic rings. The van der Waals surface area contributed by atoms with Gasteiger partial charge in [0.25, 0.3) is 0 Å². The molecule has 0 spiro atoms. The zero-order valence-electron chi connectivity index (χ0n) is 14.3. The molecule has 122 valence electrons. The Bertz CT molecular complexity index is 334. The largest absolute Gasteiger partial charge is 0.525 e. The van der Waals surface area contributed by atoms with Gasteiger partial charge in [0.15, 0.2) is 0 Å². The molecule has 1 atom stereocenters. The molecule has 0 saturated carbocycles. The van der Waals surface area contributed by atoms with E-state index in [9.17, 15) is 10.0 Å². The maximum Gasteiger partial charge on any atom is 0.525 e. The van der Waals surface area contributed by atoms with Gasteiger partial charge in [-0.2, -0.15) is 0 Å². The Morgan fingerprint density at radius 3 is 2.14 bits per heavy atom. The van der Waals surface area contributed by atoms with Crippen LogP contribution in [0.2, 0.25) is 16.6 Å². The predicted molar refractivity (Wildman–Crippen MR) is 89.4 cm³/mol. The molecule has 0 saturated heterocycles. The average Bonchev–Trinajstić information content (AvgIpc) is 2.38. The van der Waals surface area contributed by atoms with Gasteiger partial charge in [-0.1, -0.05) is 41.5 Å². The summed E-state index contributed by atoms with van der Waals surface area (Å²) in [6.07, 6.45) is 3.35. The highest BCUT2D eigenvalue weighted by Gasteiger charge is 2.45. The highest BCUT2D eigenvalue weighted by atomic mass is 28.4. The third-order valence-electron chi connectivity index (χ3n) is 4.62. The third kappa shape index (κ3) is 4.34. The van der Waals surface area contributed by atoms with Crippen LogP contribution < -0.4 is 0 Å². The minimum atomic E-state index is -1.89. The Hall–Kier alpha value is -0.298. The van der Waals surface area contributed by atoms with Crippen molar-refractivity contribution < 1.29 is 19.2 Å². The van der Waals surface area contributed by atoms with Crippen LogP contribution in [0.15, 0.2) is 11.7 Å². The van der Waals surface area contributed by atoms with Crippen LogP contribution in [-0.2, 0) is 9.16 Å². The lowest BCUT2D eigenvalue weighted by molar-refractivity contribution is 0.0516. The second kappa shape index (κ2) is 7.81. The van der Waals surface area contributed by atoms with Crippen molar-refractivity contribution in [2.45, 2.75) is 77.1 Å². The van der Waals surface area contributed by atoms with E-state index in [2.05, 4.69) is 41.5 Å². The summed E-state index contributed by atoms with van der Waals surface area (Å²) in [7, 11) is -3.40. The van der Waals surface area contributed by atoms with E-state index in [0.29, 0.717) is 23.2 Å². The predicted octanol–water partition coefficient (Wildman–Crippen LogP) is 3.25. The van der Waals surface area contributed by atoms with Crippen LogP contribution in [0.1, 0.15) is 54.4 Å². The first kappa shape index (κ1) is 18.8. The number of ether oxygens (including phenoxy) is 1. The molecule has 1 rings (SSSR count). The monoisotopic (exact) mass is 314 g/mol. The van der Waals surface area contributed by atoms with E-state index < -0.39 is 15.4 Å². The molecule has 0 aromatic carbocycles. The highest BCUT2D eigenvalue weighted by Crippen LogP contribution is 2.42. The van der Waals surface area contributed by atoms with Gasteiger partial charge in [0, 0.05) is 0 Å². The van der Waals surface area contributed by atoms with Gasteiger partial charge < -0.3 is 19.2 Å². The summed E-state index contributed by atoms with van der Waals surface area (Å²) < 4.78 is 12.1. The molecule has 2 N–H and O–H groups in total. The van der Waals surface area contributed by atoms with Crippen molar-refractivity contribution in [2.75, 3.05) is 6.61 Å². The molecular weight excluding hydrogens is 283 g/mol. The van der Waals surface area contributed by atoms with E-state index in [-0.39, 0.29) is 11.8 Å². The zero-order valence-corrected chi connectivity index (χ0v) is 15.3. The Morgan fingerprint density at radius 2 is 1.71 bits per heavy atom. The van der Waals surface area contributed by atoms with Gasteiger partial charge >= 0.3 is 7.12 Å². The van der Waals surface area contributed by atoms with Gasteiger partial charge in [0.1, 0.15) is 11.8 Å². The van der Waals surface area contributed by atoms with Crippen molar-refractivity contribution >= 4 is 15.4 Å². The van der Waals surface area contributed by atoms with Crippen molar-refractivity contribution in [1.29, 1.82) is 0 Å². The van der Waals surface area contributed by atoms with Gasteiger partial charge in [-0.05, 0) is 35.5 Å². The van der Waals surface area contributed by atoms with Crippen molar-refractivity contribution in [1.82, 2.24) is 0 Å². The lowest BCUT2D eigenvalue weighted by Gasteiger charge is -2.43. The molecule has 21 heavy (non-hydrogen) atoms. The van der Waals surface area contributed by atoms with Gasteiger partial charge in [-0.25, -0.2) is 0 Å². The van der Waals surface area contributed by atoms with E-state index in [0.717, 1.165) is 12.8 Å². The maximum atomic E-state index is 9.22. The summed E-state index contributed by atoms with van der Waals surface area (Å²) in [6.45, 7) is 14.1. The molecule has 1 unspecified atom stereocenters. The summed E-state index contributed by atoms with van der Waals surface area (Å²) in [5.41, 5.74) is 1.89. The van der Waals surface area contributed by atoms with Crippen LogP contribution in [0.3, 0.4) is 0 Å². The summed E-state index contributed by atoms with van der Waals surface area (Å²) in [6, 6.07) is 0. The molecule has 0 bridgehead atoms. The van der Waals surface area contributed by atoms with Crippen molar-refractivity contribution in [3.63, 3.8) is 0 Å². The number of hydrogen-bond acceptors (Lipinski definition) is 4. The molecule has 0 aromatic heterocycles. The van der Waals surface area contributed by atoms with Gasteiger partial charge in [-0.15, -0.1) is 0 Å². The fourth-order valence-electron chi connectivity index (χ4n) is 3.73. The van der Waals surface area contributed by atoms with Crippen LogP contribution in [0, 0.1) is 0 Å². The summed E-state index contributed by atoms with van der Waals surface area (Å²) in [5, 5.41) is 18.4. The van der Waals surface area contributed by atoms with Crippen molar-refractivity contribution in [2.24, 2.45) is 0 Å². The normalized spacial score (nSPS) is 20.0. The van der Waals surface area contributed by atoms with Crippen LogP contribution in [-0.4, -0.2) is 38.2 Å². The second-order valence-electron chi connectivity index (χ2n) is 6.93. The van der Waals surface area contributed by atoms with Crippen molar-refractivity contribution in [3.8, 4) is 0 Å². The minimum absolute atomic E-state index is 0.0741. The third-order valence-corrected chi connectivity index (χ3v) is 10.7. The fourth-order valence-corrected chi connectivity index (χ4v) is 9.21. The highest BCUT2D eigenvalue weighted by molar-refractivity contribution is 6.77. The Balaban J connectivity index is 2.72. The number of hydrogen-bond donors (Lipinski definition) is 2. The van der Waals surface area contributed by atoms with Crippen LogP contribution >= 0.6 is 0 Å². The quantitative estimate of drug-likeness (QED) is 0.708. The number of allylic oxidation sites excluding steroid dienone is 1. The van der Waals surface area contributed by atoms with Gasteiger partial charge in [0.05, 0.1) is 6.61 Å². The van der Waals surface area contributed by atoms with Crippen LogP contribution in [0.5, 0.6) is 0 Å². The van der Waals surface area contributed by atoms with Gasteiger partial charge in [-0.3, -0.25) is 0 Å². The van der Waals surface area contributed by atoms with E-state index in [1.807, 2.05) is 0 Å². The van der Waals surface area contributed by atoms with E-state index in [1.54, 1.807) is 6.08 Å². The lowest BCUT2D eigenvalue weighted by Crippen LogP contribution is -2.49. The molecule has 4 nitrogen and oxygen atoms in total. The van der Waals surface area contributed by atoms with E-state index >= 15 is 0 Å². The summed E-state index contributed by atoms with van der Waals surface area (Å²) in [5.74, 6) is 0. The van der Waals surface area contributed by atoms with Crippen LogP contribution in [0.25, 0.3) is 0 Å². The molecule has 0 aromatic rings. The fraction of sp³-hybridized carbons (Fsp3) is 0.867. The molecule has 6 heteroatoms. The SMILES string of the molecule is CC(C)[Si](OCC1CCC=C(B(O)O)O1)(C(C)C)C(C)C. The Morgan fingerprint density at radius 1 is 1.19 bits per heavy atom. The van der Waals surface area contributed by atoms with Crippen LogP contribution in [0.4, 0.5) is 0 Å². The Kier molecular flexibility index (Phi) is 6.97.